The molecule has 0 unspecified atom stereocenters. The minimum Gasteiger partial charge on any atom is -0.436 e. The molecule has 4 nitrogen and oxygen atoms in total. The Kier molecular flexibility index (Phi) is 3.16. The summed E-state index contributed by atoms with van der Waals surface area (Å²) < 4.78 is 5.61. The summed E-state index contributed by atoms with van der Waals surface area (Å²) in [6.45, 7) is 3.79. The normalized spacial score (nSPS) is 9.83. The number of nitrogens with two attached hydrogens (primary N) is 1. The average Bonchev–Trinajstić information content (AvgIpc) is 2.33. The Labute approximate surface area is 106 Å². The number of aromatic nitrogens is 1. The molecule has 0 amide bonds. The lowest BCUT2D eigenvalue weighted by molar-refractivity contribution is 0.463. The fourth-order valence-corrected chi connectivity index (χ4v) is 1.61. The highest BCUT2D eigenvalue weighted by molar-refractivity contribution is 5.56. The molecule has 2 N–H and O–H groups in total. The number of hydrogen-bond acceptors (Lipinski definition) is 4. The van der Waals surface area contributed by atoms with Gasteiger partial charge in [0.2, 0.25) is 5.88 Å². The maximum absolute atomic E-state index is 9.09. The first-order valence-corrected chi connectivity index (χ1v) is 5.51. The van der Waals surface area contributed by atoms with E-state index in [1.165, 1.54) is 0 Å². The summed E-state index contributed by atoms with van der Waals surface area (Å²) >= 11 is 0. The molecule has 0 aliphatic carbocycles. The molecule has 0 radical (unpaired) electrons. The molecule has 1 aromatic heterocycles. The van der Waals surface area contributed by atoms with Crippen molar-refractivity contribution in [3.05, 3.63) is 47.2 Å². The van der Waals surface area contributed by atoms with Gasteiger partial charge < -0.3 is 10.5 Å². The Morgan fingerprint density at radius 2 is 2.06 bits per heavy atom. The van der Waals surface area contributed by atoms with Crippen molar-refractivity contribution in [2.75, 3.05) is 5.73 Å². The second kappa shape index (κ2) is 4.76. The van der Waals surface area contributed by atoms with Gasteiger partial charge in [0.15, 0.2) is 5.75 Å². The Morgan fingerprint density at radius 1 is 1.28 bits per heavy atom. The number of pyridine rings is 1. The van der Waals surface area contributed by atoms with Crippen molar-refractivity contribution in [2.24, 2.45) is 0 Å². The van der Waals surface area contributed by atoms with Gasteiger partial charge in [-0.05, 0) is 43.2 Å². The molecule has 0 saturated carbocycles. The minimum absolute atomic E-state index is 0.285. The number of rotatable bonds is 2. The molecule has 18 heavy (non-hydrogen) atoms. The first-order chi connectivity index (χ1) is 8.61. The molecule has 0 aliphatic heterocycles. The summed E-state index contributed by atoms with van der Waals surface area (Å²) in [4.78, 5) is 4.07. The van der Waals surface area contributed by atoms with Crippen molar-refractivity contribution in [1.82, 2.24) is 4.98 Å². The zero-order valence-electron chi connectivity index (χ0n) is 10.3. The molecule has 0 saturated heterocycles. The number of nitrogen functional groups attached to an aromatic ring is 1. The lowest BCUT2D eigenvalue weighted by atomic mass is 10.2. The molecule has 4 heteroatoms. The van der Waals surface area contributed by atoms with Crippen molar-refractivity contribution in [3.63, 3.8) is 0 Å². The topological polar surface area (TPSA) is 71.9 Å². The quantitative estimate of drug-likeness (QED) is 0.818. The number of aryl methyl sites for hydroxylation is 2. The van der Waals surface area contributed by atoms with Crippen LogP contribution in [0.2, 0.25) is 0 Å². The molecule has 90 valence electrons. The van der Waals surface area contributed by atoms with Crippen LogP contribution in [-0.2, 0) is 0 Å². The number of nitriles is 1. The fraction of sp³-hybridized carbons (Fsp3) is 0.143. The van der Waals surface area contributed by atoms with Gasteiger partial charge in [0.05, 0.1) is 5.69 Å². The van der Waals surface area contributed by atoms with E-state index in [0.717, 1.165) is 11.1 Å². The molecule has 0 fully saturated rings. The highest BCUT2D eigenvalue weighted by Gasteiger charge is 2.10. The molecule has 1 heterocycles. The van der Waals surface area contributed by atoms with Crippen molar-refractivity contribution >= 4 is 5.69 Å². The zero-order valence-corrected chi connectivity index (χ0v) is 10.3. The van der Waals surface area contributed by atoms with Crippen LogP contribution in [0.25, 0.3) is 0 Å². The summed E-state index contributed by atoms with van der Waals surface area (Å²) in [6.07, 6.45) is 1.61. The zero-order chi connectivity index (χ0) is 13.1. The summed E-state index contributed by atoms with van der Waals surface area (Å²) in [7, 11) is 0. The molecule has 2 rings (SSSR count). The van der Waals surface area contributed by atoms with E-state index in [2.05, 4.69) is 11.1 Å². The summed E-state index contributed by atoms with van der Waals surface area (Å²) in [5.74, 6) is 0.795. The van der Waals surface area contributed by atoms with E-state index < -0.39 is 0 Å². The van der Waals surface area contributed by atoms with Crippen LogP contribution in [0.15, 0.2) is 30.5 Å². The van der Waals surface area contributed by atoms with Gasteiger partial charge in [-0.15, -0.1) is 0 Å². The maximum Gasteiger partial charge on any atom is 0.237 e. The molecule has 0 aliphatic rings. The van der Waals surface area contributed by atoms with Crippen molar-refractivity contribution < 1.29 is 4.74 Å². The van der Waals surface area contributed by atoms with E-state index in [0.29, 0.717) is 17.0 Å². The molecule has 2 aromatic rings. The van der Waals surface area contributed by atoms with E-state index in [1.807, 2.05) is 26.0 Å². The Bertz CT molecular complexity index is 629. The van der Waals surface area contributed by atoms with Crippen LogP contribution in [0.5, 0.6) is 11.6 Å². The molecular weight excluding hydrogens is 226 g/mol. The second-order valence-corrected chi connectivity index (χ2v) is 4.06. The smallest absolute Gasteiger partial charge is 0.237 e. The van der Waals surface area contributed by atoms with Gasteiger partial charge in [-0.2, -0.15) is 5.26 Å². The largest absolute Gasteiger partial charge is 0.436 e. The van der Waals surface area contributed by atoms with E-state index in [4.69, 9.17) is 15.7 Å². The van der Waals surface area contributed by atoms with Crippen LogP contribution < -0.4 is 10.5 Å². The maximum atomic E-state index is 9.09. The molecule has 0 bridgehead atoms. The van der Waals surface area contributed by atoms with Crippen molar-refractivity contribution in [2.45, 2.75) is 13.8 Å². The van der Waals surface area contributed by atoms with Gasteiger partial charge in [0.25, 0.3) is 0 Å². The highest BCUT2D eigenvalue weighted by atomic mass is 16.5. The van der Waals surface area contributed by atoms with Crippen LogP contribution in [-0.4, -0.2) is 4.98 Å². The summed E-state index contributed by atoms with van der Waals surface area (Å²) in [5.41, 5.74) is 8.70. The first kappa shape index (κ1) is 11.9. The van der Waals surface area contributed by atoms with Crippen LogP contribution in [0.1, 0.15) is 16.7 Å². The third kappa shape index (κ3) is 2.25. The van der Waals surface area contributed by atoms with Gasteiger partial charge in [-0.3, -0.25) is 0 Å². The van der Waals surface area contributed by atoms with E-state index >= 15 is 0 Å². The van der Waals surface area contributed by atoms with Crippen LogP contribution in [0.4, 0.5) is 5.69 Å². The second-order valence-electron chi connectivity index (χ2n) is 4.06. The lowest BCUT2D eigenvalue weighted by Crippen LogP contribution is -1.97. The van der Waals surface area contributed by atoms with E-state index in [-0.39, 0.29) is 5.88 Å². The minimum atomic E-state index is 0.285. The van der Waals surface area contributed by atoms with Crippen LogP contribution in [0.3, 0.4) is 0 Å². The SMILES string of the molecule is Cc1ccc(Oc2nccc(C)c2C#N)c(N)c1. The number of hydrogen-bond donors (Lipinski definition) is 1. The Balaban J connectivity index is 2.41. The van der Waals surface area contributed by atoms with Crippen molar-refractivity contribution in [1.29, 1.82) is 5.26 Å². The Morgan fingerprint density at radius 3 is 2.72 bits per heavy atom. The standard InChI is InChI=1S/C14H13N3O/c1-9-3-4-13(12(16)7-9)18-14-11(8-15)10(2)5-6-17-14/h3-7H,16H2,1-2H3. The third-order valence-corrected chi connectivity index (χ3v) is 2.61. The summed E-state index contributed by atoms with van der Waals surface area (Å²) in [5, 5.41) is 9.09. The van der Waals surface area contributed by atoms with Gasteiger partial charge in [-0.1, -0.05) is 6.07 Å². The lowest BCUT2D eigenvalue weighted by Gasteiger charge is -2.10. The monoisotopic (exact) mass is 239 g/mol. The first-order valence-electron chi connectivity index (χ1n) is 5.51. The summed E-state index contributed by atoms with van der Waals surface area (Å²) in [6, 6.07) is 9.34. The van der Waals surface area contributed by atoms with Gasteiger partial charge in [0, 0.05) is 6.20 Å². The predicted octanol–water partition coefficient (Wildman–Crippen LogP) is 2.94. The Hall–Kier alpha value is -2.54. The van der Waals surface area contributed by atoms with Gasteiger partial charge in [-0.25, -0.2) is 4.98 Å². The molecule has 1 aromatic carbocycles. The average molecular weight is 239 g/mol. The third-order valence-electron chi connectivity index (χ3n) is 2.61. The van der Waals surface area contributed by atoms with Crippen LogP contribution in [0, 0.1) is 25.2 Å². The number of nitrogens with zero attached hydrogens (tertiary/aromatic N) is 2. The van der Waals surface area contributed by atoms with Crippen LogP contribution >= 0.6 is 0 Å². The van der Waals surface area contributed by atoms with Gasteiger partial charge in [0.1, 0.15) is 11.6 Å². The predicted molar refractivity (Wildman–Crippen MR) is 69.4 cm³/mol. The molecular formula is C14H13N3O. The van der Waals surface area contributed by atoms with Crippen molar-refractivity contribution in [3.8, 4) is 17.7 Å². The highest BCUT2D eigenvalue weighted by Crippen LogP contribution is 2.29. The fourth-order valence-electron chi connectivity index (χ4n) is 1.61. The van der Waals surface area contributed by atoms with E-state index in [9.17, 15) is 0 Å². The number of benzene rings is 1. The van der Waals surface area contributed by atoms with Gasteiger partial charge >= 0.3 is 0 Å². The van der Waals surface area contributed by atoms with E-state index in [1.54, 1.807) is 18.3 Å². The number of anilines is 1. The number of ether oxygens (including phenoxy) is 1. The molecule has 0 spiro atoms. The molecule has 0 atom stereocenters.